The van der Waals surface area contributed by atoms with E-state index in [1.165, 1.54) is 5.39 Å². The van der Waals surface area contributed by atoms with Crippen molar-refractivity contribution in [1.29, 1.82) is 0 Å². The van der Waals surface area contributed by atoms with Gasteiger partial charge >= 0.3 is 0 Å². The Morgan fingerprint density at radius 2 is 2.05 bits per heavy atom. The van der Waals surface area contributed by atoms with Gasteiger partial charge in [-0.1, -0.05) is 30.3 Å². The second-order valence-electron chi connectivity index (χ2n) is 4.36. The van der Waals surface area contributed by atoms with Crippen LogP contribution in [0.2, 0.25) is 0 Å². The van der Waals surface area contributed by atoms with Crippen molar-refractivity contribution in [3.05, 3.63) is 54.7 Å². The first-order chi connectivity index (χ1) is 9.40. The standard InChI is InChI=1S/C16H20N2O/c1-2-3-11-19-12-10-17-13-15-9-8-14-6-4-5-7-16(14)18-15/h2,4-9,17H,1,3,10-13H2. The lowest BCUT2D eigenvalue weighted by atomic mass is 10.2. The van der Waals surface area contributed by atoms with E-state index in [-0.39, 0.29) is 0 Å². The molecule has 0 fully saturated rings. The molecule has 3 heteroatoms. The Bertz CT molecular complexity index is 525. The predicted octanol–water partition coefficient (Wildman–Crippen LogP) is 2.92. The molecule has 0 amide bonds. The number of rotatable bonds is 8. The molecule has 0 aliphatic heterocycles. The monoisotopic (exact) mass is 256 g/mol. The van der Waals surface area contributed by atoms with Crippen molar-refractivity contribution >= 4 is 10.9 Å². The smallest absolute Gasteiger partial charge is 0.0705 e. The first kappa shape index (κ1) is 13.7. The third kappa shape index (κ3) is 4.47. The summed E-state index contributed by atoms with van der Waals surface area (Å²) in [6.07, 6.45) is 2.78. The van der Waals surface area contributed by atoms with Gasteiger partial charge in [0, 0.05) is 18.5 Å². The van der Waals surface area contributed by atoms with Crippen molar-refractivity contribution in [2.75, 3.05) is 19.8 Å². The van der Waals surface area contributed by atoms with Crippen LogP contribution in [0, 0.1) is 0 Å². The van der Waals surface area contributed by atoms with E-state index in [1.807, 2.05) is 24.3 Å². The number of benzene rings is 1. The van der Waals surface area contributed by atoms with Crippen LogP contribution in [0.1, 0.15) is 12.1 Å². The van der Waals surface area contributed by atoms with Gasteiger partial charge in [-0.25, -0.2) is 0 Å². The Labute approximate surface area is 114 Å². The number of pyridine rings is 1. The lowest BCUT2D eigenvalue weighted by Crippen LogP contribution is -2.20. The van der Waals surface area contributed by atoms with E-state index < -0.39 is 0 Å². The largest absolute Gasteiger partial charge is 0.380 e. The van der Waals surface area contributed by atoms with E-state index in [4.69, 9.17) is 4.74 Å². The molecule has 100 valence electrons. The third-order valence-electron chi connectivity index (χ3n) is 2.85. The molecule has 1 N–H and O–H groups in total. The Balaban J connectivity index is 1.74. The second kappa shape index (κ2) is 7.67. The normalized spacial score (nSPS) is 10.7. The predicted molar refractivity (Wildman–Crippen MR) is 79.1 cm³/mol. The van der Waals surface area contributed by atoms with Crippen molar-refractivity contribution in [3.8, 4) is 0 Å². The summed E-state index contributed by atoms with van der Waals surface area (Å²) in [5, 5.41) is 4.51. The van der Waals surface area contributed by atoms with Gasteiger partial charge in [0.2, 0.25) is 0 Å². The van der Waals surface area contributed by atoms with E-state index in [0.29, 0.717) is 0 Å². The van der Waals surface area contributed by atoms with Crippen LogP contribution in [0.5, 0.6) is 0 Å². The van der Waals surface area contributed by atoms with Gasteiger partial charge in [-0.3, -0.25) is 4.98 Å². The lowest BCUT2D eigenvalue weighted by Gasteiger charge is -2.06. The summed E-state index contributed by atoms with van der Waals surface area (Å²) in [7, 11) is 0. The van der Waals surface area contributed by atoms with Crippen molar-refractivity contribution < 1.29 is 4.74 Å². The maximum atomic E-state index is 5.43. The third-order valence-corrected chi connectivity index (χ3v) is 2.85. The highest BCUT2D eigenvalue weighted by Gasteiger charge is 1.97. The average molecular weight is 256 g/mol. The molecule has 2 aromatic rings. The summed E-state index contributed by atoms with van der Waals surface area (Å²) in [6.45, 7) is 6.74. The van der Waals surface area contributed by atoms with Gasteiger partial charge in [-0.2, -0.15) is 0 Å². The molecule has 2 rings (SSSR count). The van der Waals surface area contributed by atoms with Crippen molar-refractivity contribution in [3.63, 3.8) is 0 Å². The van der Waals surface area contributed by atoms with Crippen LogP contribution in [0.15, 0.2) is 49.1 Å². The zero-order valence-electron chi connectivity index (χ0n) is 11.1. The van der Waals surface area contributed by atoms with E-state index in [1.54, 1.807) is 0 Å². The first-order valence-corrected chi connectivity index (χ1v) is 6.64. The highest BCUT2D eigenvalue weighted by Crippen LogP contribution is 2.11. The molecule has 1 aromatic carbocycles. The molecule has 0 aliphatic carbocycles. The summed E-state index contributed by atoms with van der Waals surface area (Å²) >= 11 is 0. The minimum atomic E-state index is 0.724. The summed E-state index contributed by atoms with van der Waals surface area (Å²) in [5.74, 6) is 0. The van der Waals surface area contributed by atoms with Gasteiger partial charge in [0.25, 0.3) is 0 Å². The van der Waals surface area contributed by atoms with Crippen LogP contribution in [-0.4, -0.2) is 24.7 Å². The Kier molecular flexibility index (Phi) is 5.53. The van der Waals surface area contributed by atoms with Crippen LogP contribution in [0.25, 0.3) is 10.9 Å². The molecule has 1 heterocycles. The number of ether oxygens (including phenoxy) is 1. The summed E-state index contributed by atoms with van der Waals surface area (Å²) < 4.78 is 5.43. The highest BCUT2D eigenvalue weighted by atomic mass is 16.5. The number of aromatic nitrogens is 1. The Hall–Kier alpha value is -1.71. The molecule has 0 spiro atoms. The minimum Gasteiger partial charge on any atom is -0.380 e. The highest BCUT2D eigenvalue weighted by molar-refractivity contribution is 5.78. The van der Waals surface area contributed by atoms with Crippen LogP contribution in [0.3, 0.4) is 0 Å². The maximum Gasteiger partial charge on any atom is 0.0705 e. The first-order valence-electron chi connectivity index (χ1n) is 6.64. The van der Waals surface area contributed by atoms with Gasteiger partial charge in [0.1, 0.15) is 0 Å². The van der Waals surface area contributed by atoms with E-state index in [9.17, 15) is 0 Å². The number of hydrogen-bond acceptors (Lipinski definition) is 3. The SMILES string of the molecule is C=CCCOCCNCc1ccc2ccccc2n1. The maximum absolute atomic E-state index is 5.43. The number of nitrogens with zero attached hydrogens (tertiary/aromatic N) is 1. The van der Waals surface area contributed by atoms with E-state index in [2.05, 4.69) is 35.1 Å². The molecule has 0 bridgehead atoms. The van der Waals surface area contributed by atoms with Crippen LogP contribution >= 0.6 is 0 Å². The van der Waals surface area contributed by atoms with E-state index in [0.717, 1.165) is 43.9 Å². The van der Waals surface area contributed by atoms with Crippen molar-refractivity contribution in [2.45, 2.75) is 13.0 Å². The zero-order valence-corrected chi connectivity index (χ0v) is 11.1. The number of para-hydroxylation sites is 1. The van der Waals surface area contributed by atoms with Gasteiger partial charge in [-0.15, -0.1) is 6.58 Å². The lowest BCUT2D eigenvalue weighted by molar-refractivity contribution is 0.140. The van der Waals surface area contributed by atoms with Gasteiger partial charge in [-0.05, 0) is 18.6 Å². The second-order valence-corrected chi connectivity index (χ2v) is 4.36. The topological polar surface area (TPSA) is 34.1 Å². The van der Waals surface area contributed by atoms with Crippen LogP contribution in [0.4, 0.5) is 0 Å². The molecule has 1 aromatic heterocycles. The molecule has 0 unspecified atom stereocenters. The molecule has 0 radical (unpaired) electrons. The zero-order chi connectivity index (χ0) is 13.3. The fourth-order valence-electron chi connectivity index (χ4n) is 1.84. The van der Waals surface area contributed by atoms with Gasteiger partial charge < -0.3 is 10.1 Å². The molecular weight excluding hydrogens is 236 g/mol. The van der Waals surface area contributed by atoms with Crippen molar-refractivity contribution in [1.82, 2.24) is 10.3 Å². The molecule has 3 nitrogen and oxygen atoms in total. The fourth-order valence-corrected chi connectivity index (χ4v) is 1.84. The number of nitrogens with one attached hydrogen (secondary N) is 1. The Morgan fingerprint density at radius 3 is 2.95 bits per heavy atom. The molecular formula is C16H20N2O. The number of hydrogen-bond donors (Lipinski definition) is 1. The summed E-state index contributed by atoms with van der Waals surface area (Å²) in [5.41, 5.74) is 2.11. The summed E-state index contributed by atoms with van der Waals surface area (Å²) in [6, 6.07) is 12.3. The van der Waals surface area contributed by atoms with Crippen LogP contribution < -0.4 is 5.32 Å². The van der Waals surface area contributed by atoms with Crippen molar-refractivity contribution in [2.24, 2.45) is 0 Å². The van der Waals surface area contributed by atoms with Gasteiger partial charge in [0.05, 0.1) is 24.4 Å². The minimum absolute atomic E-state index is 0.724. The Morgan fingerprint density at radius 1 is 1.16 bits per heavy atom. The summed E-state index contributed by atoms with van der Waals surface area (Å²) in [4.78, 5) is 4.61. The number of fused-ring (bicyclic) bond motifs is 1. The molecule has 0 atom stereocenters. The molecule has 0 saturated heterocycles. The van der Waals surface area contributed by atoms with Gasteiger partial charge in [0.15, 0.2) is 0 Å². The van der Waals surface area contributed by atoms with Crippen LogP contribution in [-0.2, 0) is 11.3 Å². The molecule has 0 aliphatic rings. The fraction of sp³-hybridized carbons (Fsp3) is 0.312. The quantitative estimate of drug-likeness (QED) is 0.582. The molecule has 0 saturated carbocycles. The average Bonchev–Trinajstić information content (AvgIpc) is 2.46. The molecule has 19 heavy (non-hydrogen) atoms. The van der Waals surface area contributed by atoms with E-state index >= 15 is 0 Å².